The molecule has 0 bridgehead atoms. The van der Waals surface area contributed by atoms with Crippen molar-refractivity contribution in [2.45, 2.75) is 25.0 Å². The minimum Gasteiger partial charge on any atom is -0.373 e. The molecule has 154 valence electrons. The van der Waals surface area contributed by atoms with Crippen molar-refractivity contribution >= 4 is 45.0 Å². The van der Waals surface area contributed by atoms with Crippen LogP contribution < -0.4 is 10.6 Å². The maximum absolute atomic E-state index is 12.1. The number of H-pyrrole nitrogens is 1. The number of aromatic nitrogens is 5. The van der Waals surface area contributed by atoms with E-state index in [4.69, 9.17) is 4.74 Å². The lowest BCUT2D eigenvalue weighted by Crippen LogP contribution is -2.16. The van der Waals surface area contributed by atoms with Gasteiger partial charge in [0.15, 0.2) is 11.5 Å². The Labute approximate surface area is 175 Å². The molecule has 0 radical (unpaired) electrons. The first kappa shape index (κ1) is 18.8. The molecule has 4 heterocycles. The molecule has 1 aromatic carbocycles. The van der Waals surface area contributed by atoms with Crippen molar-refractivity contribution in [2.75, 3.05) is 23.5 Å². The number of fused-ring (bicyclic) bond motifs is 2. The highest BCUT2D eigenvalue weighted by molar-refractivity contribution is 7.84. The monoisotopic (exact) mass is 423 g/mol. The summed E-state index contributed by atoms with van der Waals surface area (Å²) in [5, 5.41) is 11.2. The van der Waals surface area contributed by atoms with Gasteiger partial charge < -0.3 is 20.4 Å². The third-order valence-corrected chi connectivity index (χ3v) is 5.84. The van der Waals surface area contributed by atoms with Crippen LogP contribution in [0.1, 0.15) is 11.5 Å². The molecular formula is C20H21N7O2S. The van der Waals surface area contributed by atoms with Gasteiger partial charge in [-0.05, 0) is 19.1 Å². The molecule has 0 saturated heterocycles. The Morgan fingerprint density at radius 2 is 2.00 bits per heavy atom. The SMILES string of the molecule is Cc1nc2nc(Nc3cc4n(n3)CCOC4)cc(Nc3ccccc3S(C)=O)c2[nH]1. The smallest absolute Gasteiger partial charge is 0.181 e. The van der Waals surface area contributed by atoms with E-state index in [0.717, 1.165) is 39.9 Å². The number of rotatable bonds is 5. The predicted molar refractivity (Wildman–Crippen MR) is 116 cm³/mol. The van der Waals surface area contributed by atoms with Crippen LogP contribution in [0.3, 0.4) is 0 Å². The molecule has 1 atom stereocenters. The number of ether oxygens (including phenoxy) is 1. The zero-order valence-electron chi connectivity index (χ0n) is 16.6. The average Bonchev–Trinajstić information content (AvgIpc) is 3.30. The topological polar surface area (TPSA) is 110 Å². The summed E-state index contributed by atoms with van der Waals surface area (Å²) in [6.45, 7) is 3.84. The van der Waals surface area contributed by atoms with E-state index in [-0.39, 0.29) is 0 Å². The second-order valence-electron chi connectivity index (χ2n) is 7.07. The molecule has 3 aromatic heterocycles. The van der Waals surface area contributed by atoms with Crippen LogP contribution in [-0.2, 0) is 28.7 Å². The van der Waals surface area contributed by atoms with Crippen LogP contribution in [0.4, 0.5) is 23.0 Å². The molecular weight excluding hydrogens is 402 g/mol. The highest BCUT2D eigenvalue weighted by Crippen LogP contribution is 2.30. The minimum absolute atomic E-state index is 0.553. The molecule has 30 heavy (non-hydrogen) atoms. The quantitative estimate of drug-likeness (QED) is 0.452. The molecule has 3 N–H and O–H groups in total. The van der Waals surface area contributed by atoms with Crippen LogP contribution in [0.15, 0.2) is 41.3 Å². The summed E-state index contributed by atoms with van der Waals surface area (Å²) in [7, 11) is -1.12. The number of nitrogens with one attached hydrogen (secondary N) is 3. The van der Waals surface area contributed by atoms with Gasteiger partial charge >= 0.3 is 0 Å². The maximum Gasteiger partial charge on any atom is 0.181 e. The second kappa shape index (κ2) is 7.54. The van der Waals surface area contributed by atoms with Gasteiger partial charge in [0, 0.05) is 18.4 Å². The number of para-hydroxylation sites is 1. The highest BCUT2D eigenvalue weighted by atomic mass is 32.2. The van der Waals surface area contributed by atoms with E-state index < -0.39 is 10.8 Å². The number of benzene rings is 1. The van der Waals surface area contributed by atoms with E-state index in [2.05, 4.69) is 30.7 Å². The summed E-state index contributed by atoms with van der Waals surface area (Å²) >= 11 is 0. The minimum atomic E-state index is -1.12. The largest absolute Gasteiger partial charge is 0.373 e. The number of pyridine rings is 1. The van der Waals surface area contributed by atoms with E-state index in [9.17, 15) is 4.21 Å². The van der Waals surface area contributed by atoms with Crippen molar-refractivity contribution in [3.63, 3.8) is 0 Å². The lowest BCUT2D eigenvalue weighted by atomic mass is 10.2. The molecule has 0 saturated carbocycles. The Kier molecular flexibility index (Phi) is 4.72. The number of nitrogens with zero attached hydrogens (tertiary/aromatic N) is 4. The summed E-state index contributed by atoms with van der Waals surface area (Å²) in [6, 6.07) is 11.4. The van der Waals surface area contributed by atoms with Gasteiger partial charge in [0.2, 0.25) is 0 Å². The van der Waals surface area contributed by atoms with E-state index in [1.54, 1.807) is 6.26 Å². The fourth-order valence-corrected chi connectivity index (χ4v) is 4.22. The van der Waals surface area contributed by atoms with Crippen LogP contribution in [0, 0.1) is 6.92 Å². The lowest BCUT2D eigenvalue weighted by molar-refractivity contribution is 0.0801. The Morgan fingerprint density at radius 3 is 2.83 bits per heavy atom. The molecule has 1 aliphatic heterocycles. The summed E-state index contributed by atoms with van der Waals surface area (Å²) in [5.74, 6) is 2.08. The maximum atomic E-state index is 12.1. The van der Waals surface area contributed by atoms with Crippen molar-refractivity contribution in [3.8, 4) is 0 Å². The van der Waals surface area contributed by atoms with Gasteiger partial charge in [0.25, 0.3) is 0 Å². The molecule has 0 fully saturated rings. The van der Waals surface area contributed by atoms with Crippen LogP contribution in [0.5, 0.6) is 0 Å². The normalized spacial score (nSPS) is 14.5. The van der Waals surface area contributed by atoms with Crippen molar-refractivity contribution in [1.29, 1.82) is 0 Å². The zero-order chi connectivity index (χ0) is 20.7. The van der Waals surface area contributed by atoms with Gasteiger partial charge in [0.05, 0.1) is 52.5 Å². The molecule has 9 nitrogen and oxygen atoms in total. The molecule has 5 rings (SSSR count). The van der Waals surface area contributed by atoms with Crippen molar-refractivity contribution in [1.82, 2.24) is 24.7 Å². The van der Waals surface area contributed by atoms with E-state index >= 15 is 0 Å². The van der Waals surface area contributed by atoms with E-state index in [0.29, 0.717) is 30.5 Å². The first-order valence-corrected chi connectivity index (χ1v) is 11.1. The van der Waals surface area contributed by atoms with E-state index in [1.165, 1.54) is 0 Å². The third-order valence-electron chi connectivity index (χ3n) is 4.86. The molecule has 1 unspecified atom stereocenters. The Morgan fingerprint density at radius 1 is 1.13 bits per heavy atom. The predicted octanol–water partition coefficient (Wildman–Crippen LogP) is 3.22. The summed E-state index contributed by atoms with van der Waals surface area (Å²) in [6.07, 6.45) is 1.67. The Bertz CT molecular complexity index is 1240. The van der Waals surface area contributed by atoms with E-state index in [1.807, 2.05) is 48.0 Å². The van der Waals surface area contributed by atoms with Crippen LogP contribution >= 0.6 is 0 Å². The Balaban J connectivity index is 1.53. The fourth-order valence-electron chi connectivity index (χ4n) is 3.52. The number of aromatic amines is 1. The summed E-state index contributed by atoms with van der Waals surface area (Å²) in [5.41, 5.74) is 3.96. The summed E-state index contributed by atoms with van der Waals surface area (Å²) in [4.78, 5) is 13.1. The molecule has 10 heteroatoms. The van der Waals surface area contributed by atoms with Crippen molar-refractivity contribution < 1.29 is 8.95 Å². The van der Waals surface area contributed by atoms with Crippen molar-refractivity contribution in [2.24, 2.45) is 0 Å². The molecule has 0 spiro atoms. The number of hydrogen-bond acceptors (Lipinski definition) is 7. The van der Waals surface area contributed by atoms with Crippen LogP contribution in [-0.4, -0.2) is 41.8 Å². The van der Waals surface area contributed by atoms with Gasteiger partial charge in [-0.2, -0.15) is 5.10 Å². The van der Waals surface area contributed by atoms with Gasteiger partial charge in [-0.1, -0.05) is 12.1 Å². The molecule has 4 aromatic rings. The molecule has 0 aliphatic carbocycles. The first-order valence-electron chi connectivity index (χ1n) is 9.55. The van der Waals surface area contributed by atoms with Gasteiger partial charge in [-0.15, -0.1) is 0 Å². The fraction of sp³-hybridized carbons (Fsp3) is 0.250. The van der Waals surface area contributed by atoms with Gasteiger partial charge in [0.1, 0.15) is 17.2 Å². The third kappa shape index (κ3) is 3.55. The standard InChI is InChI=1S/C20H21N7O2S/c1-12-21-19-15(23-14-5-3-4-6-16(14)30(2)28)10-17(25-20(19)22-12)24-18-9-13-11-29-8-7-27(13)26-18/h3-6,9-10H,7-8,11H2,1-2H3,(H3,21,22,23,24,25,26). The van der Waals surface area contributed by atoms with Gasteiger partial charge in [-0.25, -0.2) is 9.97 Å². The Hall–Kier alpha value is -3.24. The van der Waals surface area contributed by atoms with Crippen molar-refractivity contribution in [3.05, 3.63) is 47.9 Å². The zero-order valence-corrected chi connectivity index (χ0v) is 17.4. The lowest BCUT2D eigenvalue weighted by Gasteiger charge is -2.13. The first-order chi connectivity index (χ1) is 14.6. The number of hydrogen-bond donors (Lipinski definition) is 3. The molecule has 1 aliphatic rings. The number of imidazole rings is 1. The number of aryl methyl sites for hydroxylation is 1. The molecule has 0 amide bonds. The highest BCUT2D eigenvalue weighted by Gasteiger charge is 2.16. The second-order valence-corrected chi connectivity index (χ2v) is 8.42. The van der Waals surface area contributed by atoms with Crippen LogP contribution in [0.2, 0.25) is 0 Å². The van der Waals surface area contributed by atoms with Gasteiger partial charge in [-0.3, -0.25) is 8.89 Å². The van der Waals surface area contributed by atoms with Crippen LogP contribution in [0.25, 0.3) is 11.2 Å². The average molecular weight is 424 g/mol. The number of anilines is 4. The summed E-state index contributed by atoms with van der Waals surface area (Å²) < 4.78 is 19.6.